The van der Waals surface area contributed by atoms with Crippen molar-refractivity contribution in [1.29, 1.82) is 0 Å². The molecule has 4 heteroatoms. The zero-order valence-corrected chi connectivity index (χ0v) is 9.70. The van der Waals surface area contributed by atoms with Crippen molar-refractivity contribution >= 4 is 11.6 Å². The molecule has 0 aromatic heterocycles. The summed E-state index contributed by atoms with van der Waals surface area (Å²) in [6.45, 7) is 6.94. The third-order valence-electron chi connectivity index (χ3n) is 2.43. The summed E-state index contributed by atoms with van der Waals surface area (Å²) >= 11 is 0. The van der Waals surface area contributed by atoms with E-state index < -0.39 is 18.0 Å². The molecule has 15 heavy (non-hydrogen) atoms. The van der Waals surface area contributed by atoms with Gasteiger partial charge in [-0.3, -0.25) is 9.59 Å². The summed E-state index contributed by atoms with van der Waals surface area (Å²) in [7, 11) is 0. The van der Waals surface area contributed by atoms with Crippen molar-refractivity contribution in [2.75, 3.05) is 0 Å². The Hall–Kier alpha value is -0.740. The molecule has 0 aromatic carbocycles. The molecule has 1 aliphatic rings. The van der Waals surface area contributed by atoms with E-state index in [1.807, 2.05) is 0 Å². The lowest BCUT2D eigenvalue weighted by atomic mass is 10.0. The quantitative estimate of drug-likeness (QED) is 0.711. The fourth-order valence-electron chi connectivity index (χ4n) is 1.63. The number of ketones is 2. The molecule has 0 saturated carbocycles. The Labute approximate surface area is 89.9 Å². The first-order valence-electron chi connectivity index (χ1n) is 5.32. The Kier molecular flexibility index (Phi) is 3.62. The van der Waals surface area contributed by atoms with E-state index in [-0.39, 0.29) is 11.6 Å². The lowest BCUT2D eigenvalue weighted by molar-refractivity contribution is -0.158. The minimum Gasteiger partial charge on any atom is -0.336 e. The molecule has 86 valence electrons. The van der Waals surface area contributed by atoms with Gasteiger partial charge in [0.05, 0.1) is 0 Å². The standard InChI is InChI=1S/C11H18O4/c1-5-7(12)9-10(8(13)6-2)15-11(3,4)14-9/h9-10H,5-6H2,1-4H3/t9-,10?/m1/s1. The van der Waals surface area contributed by atoms with Crippen LogP contribution in [0.3, 0.4) is 0 Å². The molecule has 2 atom stereocenters. The lowest BCUT2D eigenvalue weighted by Gasteiger charge is -2.16. The monoisotopic (exact) mass is 214 g/mol. The predicted octanol–water partition coefficient (Wildman–Crippen LogP) is 1.46. The van der Waals surface area contributed by atoms with Crippen molar-refractivity contribution in [2.24, 2.45) is 0 Å². The van der Waals surface area contributed by atoms with Crippen LogP contribution in [0, 0.1) is 0 Å². The van der Waals surface area contributed by atoms with E-state index in [1.54, 1.807) is 27.7 Å². The molecular formula is C11H18O4. The molecular weight excluding hydrogens is 196 g/mol. The van der Waals surface area contributed by atoms with Gasteiger partial charge in [-0.05, 0) is 13.8 Å². The van der Waals surface area contributed by atoms with Gasteiger partial charge in [-0.25, -0.2) is 0 Å². The summed E-state index contributed by atoms with van der Waals surface area (Å²) in [5.41, 5.74) is 0. The van der Waals surface area contributed by atoms with Crippen LogP contribution in [-0.4, -0.2) is 29.6 Å². The van der Waals surface area contributed by atoms with E-state index in [1.165, 1.54) is 0 Å². The highest BCUT2D eigenvalue weighted by molar-refractivity contribution is 5.93. The normalized spacial score (nSPS) is 29.1. The zero-order chi connectivity index (χ0) is 11.6. The molecule has 0 radical (unpaired) electrons. The third kappa shape index (κ3) is 2.63. The average molecular weight is 214 g/mol. The molecule has 0 amide bonds. The molecule has 1 fully saturated rings. The Morgan fingerprint density at radius 1 is 1.00 bits per heavy atom. The highest BCUT2D eigenvalue weighted by Gasteiger charge is 2.47. The van der Waals surface area contributed by atoms with Crippen LogP contribution in [0.1, 0.15) is 40.5 Å². The molecule has 1 saturated heterocycles. The van der Waals surface area contributed by atoms with Crippen molar-refractivity contribution in [3.8, 4) is 0 Å². The smallest absolute Gasteiger partial charge is 0.165 e. The average Bonchev–Trinajstić information content (AvgIpc) is 2.52. The zero-order valence-electron chi connectivity index (χ0n) is 9.70. The van der Waals surface area contributed by atoms with Gasteiger partial charge in [0.2, 0.25) is 0 Å². The van der Waals surface area contributed by atoms with Gasteiger partial charge in [-0.2, -0.15) is 0 Å². The number of hydrogen-bond acceptors (Lipinski definition) is 4. The minimum atomic E-state index is -0.842. The molecule has 1 rings (SSSR count). The van der Waals surface area contributed by atoms with E-state index in [9.17, 15) is 9.59 Å². The van der Waals surface area contributed by atoms with E-state index >= 15 is 0 Å². The molecule has 4 nitrogen and oxygen atoms in total. The van der Waals surface area contributed by atoms with Gasteiger partial charge in [-0.1, -0.05) is 13.8 Å². The Morgan fingerprint density at radius 3 is 1.60 bits per heavy atom. The van der Waals surface area contributed by atoms with Gasteiger partial charge >= 0.3 is 0 Å². The van der Waals surface area contributed by atoms with Gasteiger partial charge in [0.15, 0.2) is 29.6 Å². The van der Waals surface area contributed by atoms with Gasteiger partial charge < -0.3 is 9.47 Å². The van der Waals surface area contributed by atoms with Gasteiger partial charge in [0.25, 0.3) is 0 Å². The lowest BCUT2D eigenvalue weighted by Crippen LogP contribution is -2.36. The van der Waals surface area contributed by atoms with Gasteiger partial charge in [0.1, 0.15) is 0 Å². The van der Waals surface area contributed by atoms with Crippen molar-refractivity contribution in [1.82, 2.24) is 0 Å². The maximum absolute atomic E-state index is 11.6. The molecule has 0 bridgehead atoms. The summed E-state index contributed by atoms with van der Waals surface area (Å²) in [5, 5.41) is 0. The third-order valence-corrected chi connectivity index (χ3v) is 2.43. The highest BCUT2D eigenvalue weighted by Crippen LogP contribution is 2.30. The van der Waals surface area contributed by atoms with E-state index in [0.717, 1.165) is 0 Å². The van der Waals surface area contributed by atoms with E-state index in [4.69, 9.17) is 9.47 Å². The summed E-state index contributed by atoms with van der Waals surface area (Å²) in [4.78, 5) is 23.2. The number of ether oxygens (including phenoxy) is 2. The summed E-state index contributed by atoms with van der Waals surface area (Å²) in [5.74, 6) is -0.995. The molecule has 1 unspecified atom stereocenters. The molecule has 0 spiro atoms. The Morgan fingerprint density at radius 2 is 1.33 bits per heavy atom. The van der Waals surface area contributed by atoms with E-state index in [0.29, 0.717) is 12.8 Å². The van der Waals surface area contributed by atoms with Crippen LogP contribution in [0.2, 0.25) is 0 Å². The van der Waals surface area contributed by atoms with Crippen LogP contribution in [0.15, 0.2) is 0 Å². The molecule has 1 heterocycles. The van der Waals surface area contributed by atoms with Crippen molar-refractivity contribution in [3.05, 3.63) is 0 Å². The maximum Gasteiger partial charge on any atom is 0.165 e. The van der Waals surface area contributed by atoms with Crippen LogP contribution in [0.25, 0.3) is 0 Å². The molecule has 0 aromatic rings. The second-order valence-corrected chi connectivity index (χ2v) is 4.12. The Bertz CT molecular complexity index is 244. The van der Waals surface area contributed by atoms with Crippen LogP contribution in [0.4, 0.5) is 0 Å². The second-order valence-electron chi connectivity index (χ2n) is 4.12. The topological polar surface area (TPSA) is 52.6 Å². The number of carbonyl (C=O) groups excluding carboxylic acids is 2. The number of Topliss-reactive ketones (excluding diaryl/α,β-unsaturated/α-hetero) is 2. The summed E-state index contributed by atoms with van der Waals surface area (Å²) in [6.07, 6.45) is -0.732. The van der Waals surface area contributed by atoms with Crippen LogP contribution in [0.5, 0.6) is 0 Å². The molecule has 0 aliphatic carbocycles. The minimum absolute atomic E-state index is 0.0765. The van der Waals surface area contributed by atoms with Crippen LogP contribution < -0.4 is 0 Å². The SMILES string of the molecule is CCC(=O)C1OC(C)(C)O[C@@H]1C(=O)CC. The highest BCUT2D eigenvalue weighted by atomic mass is 16.8. The number of hydrogen-bond donors (Lipinski definition) is 0. The van der Waals surface area contributed by atoms with Crippen LogP contribution in [-0.2, 0) is 19.1 Å². The number of rotatable bonds is 4. The van der Waals surface area contributed by atoms with Crippen molar-refractivity contribution in [2.45, 2.75) is 58.5 Å². The second kappa shape index (κ2) is 4.41. The number of carbonyl (C=O) groups is 2. The fraction of sp³-hybridized carbons (Fsp3) is 0.818. The van der Waals surface area contributed by atoms with Crippen molar-refractivity contribution < 1.29 is 19.1 Å². The first-order valence-corrected chi connectivity index (χ1v) is 5.32. The van der Waals surface area contributed by atoms with Crippen molar-refractivity contribution in [3.63, 3.8) is 0 Å². The van der Waals surface area contributed by atoms with Crippen LogP contribution >= 0.6 is 0 Å². The summed E-state index contributed by atoms with van der Waals surface area (Å²) < 4.78 is 10.9. The first-order chi connectivity index (χ1) is 6.91. The molecule has 1 aliphatic heterocycles. The summed E-state index contributed by atoms with van der Waals surface area (Å²) in [6, 6.07) is 0. The Balaban J connectivity index is 2.83. The first kappa shape index (κ1) is 12.3. The largest absolute Gasteiger partial charge is 0.336 e. The van der Waals surface area contributed by atoms with Gasteiger partial charge in [0, 0.05) is 12.8 Å². The maximum atomic E-state index is 11.6. The molecule has 0 N–H and O–H groups in total. The fourth-order valence-corrected chi connectivity index (χ4v) is 1.63. The van der Waals surface area contributed by atoms with Gasteiger partial charge in [-0.15, -0.1) is 0 Å². The van der Waals surface area contributed by atoms with E-state index in [2.05, 4.69) is 0 Å². The predicted molar refractivity (Wildman–Crippen MR) is 54.4 cm³/mol.